The molecule has 0 radical (unpaired) electrons. The van der Waals surface area contributed by atoms with Crippen LogP contribution in [0.15, 0.2) is 12.1 Å². The number of benzene rings is 1. The summed E-state index contributed by atoms with van der Waals surface area (Å²) in [5, 5.41) is 0. The fourth-order valence-electron chi connectivity index (χ4n) is 1.15. The van der Waals surface area contributed by atoms with Crippen LogP contribution in [-0.2, 0) is 0 Å². The van der Waals surface area contributed by atoms with Crippen LogP contribution in [0, 0.1) is 0 Å². The van der Waals surface area contributed by atoms with E-state index in [-0.39, 0.29) is 0 Å². The Hall–Kier alpha value is -1.25. The second kappa shape index (κ2) is 2.78. The van der Waals surface area contributed by atoms with Gasteiger partial charge in [-0.15, -0.1) is 0 Å². The molecule has 11 heavy (non-hydrogen) atoms. The van der Waals surface area contributed by atoms with Crippen molar-refractivity contribution in [2.24, 2.45) is 0 Å². The summed E-state index contributed by atoms with van der Waals surface area (Å²) >= 11 is 0. The molecular formula is C6H11B2N3. The summed E-state index contributed by atoms with van der Waals surface area (Å²) in [5.74, 6) is 0. The predicted molar refractivity (Wildman–Crippen MR) is 55.0 cm³/mol. The van der Waals surface area contributed by atoms with Crippen LogP contribution in [0.2, 0.25) is 0 Å². The van der Waals surface area contributed by atoms with Gasteiger partial charge in [-0.3, -0.25) is 0 Å². The van der Waals surface area contributed by atoms with E-state index in [9.17, 15) is 0 Å². The summed E-state index contributed by atoms with van der Waals surface area (Å²) in [6, 6.07) is 3.46. The topological polar surface area (TPSA) is 78.1 Å². The molecule has 0 heterocycles. The molecule has 0 aliphatic carbocycles. The fraction of sp³-hybridized carbons (Fsp3) is 0. The van der Waals surface area contributed by atoms with Crippen molar-refractivity contribution in [1.82, 2.24) is 0 Å². The lowest BCUT2D eigenvalue weighted by Crippen LogP contribution is -2.23. The lowest BCUT2D eigenvalue weighted by Gasteiger charge is -2.07. The summed E-state index contributed by atoms with van der Waals surface area (Å²) in [5.41, 5.74) is 19.8. The molecule has 0 saturated heterocycles. The van der Waals surface area contributed by atoms with Gasteiger partial charge in [-0.25, -0.2) is 0 Å². The lowest BCUT2D eigenvalue weighted by atomic mass is 9.50. The largest absolute Gasteiger partial charge is 0.399 e. The van der Waals surface area contributed by atoms with Crippen LogP contribution >= 0.6 is 0 Å². The fourth-order valence-corrected chi connectivity index (χ4v) is 1.15. The molecular weight excluding hydrogens is 136 g/mol. The van der Waals surface area contributed by atoms with Crippen molar-refractivity contribution in [3.63, 3.8) is 0 Å². The van der Waals surface area contributed by atoms with Crippen LogP contribution in [-0.4, -0.2) is 14.9 Å². The summed E-state index contributed by atoms with van der Waals surface area (Å²) in [6.45, 7) is 0. The highest BCUT2D eigenvalue weighted by Gasteiger charge is 2.02. The van der Waals surface area contributed by atoms with Gasteiger partial charge in [0.2, 0.25) is 0 Å². The minimum atomic E-state index is 0.622. The van der Waals surface area contributed by atoms with Crippen LogP contribution in [0.4, 0.5) is 17.1 Å². The van der Waals surface area contributed by atoms with Gasteiger partial charge >= 0.3 is 0 Å². The number of nitrogens with two attached hydrogens (primary N) is 3. The van der Waals surface area contributed by atoms with Crippen LogP contribution in [0.1, 0.15) is 0 Å². The van der Waals surface area contributed by atoms with Crippen molar-refractivity contribution >= 4 is 37.4 Å². The molecule has 0 bridgehead atoms. The normalized spacial score (nSPS) is 9.45. The molecule has 3 nitrogen and oxygen atoms in total. The summed E-state index contributed by atoms with van der Waals surface area (Å²) in [7, 11) is 2.86. The van der Waals surface area contributed by atoms with Gasteiger partial charge in [0.05, 0.1) is 7.74 Å². The molecule has 0 spiro atoms. The van der Waals surface area contributed by atoms with Gasteiger partial charge in [-0.2, -0.15) is 0 Å². The third-order valence-electron chi connectivity index (χ3n) is 1.69. The van der Waals surface area contributed by atoms with Gasteiger partial charge in [-0.05, 0) is 17.6 Å². The zero-order valence-electron chi connectivity index (χ0n) is 6.59. The molecule has 6 N–H and O–H groups in total. The molecule has 0 saturated carbocycles. The standard InChI is InChI=1S/C6H11B2N3/c7-8-6-4(10)1-3(9)2-5(6)11/h1-2,8H,7,9-11H2. The predicted octanol–water partition coefficient (Wildman–Crippen LogP) is -1.96. The third kappa shape index (κ3) is 1.42. The average Bonchev–Trinajstić information content (AvgIpc) is 1.85. The molecule has 1 rings (SSSR count). The van der Waals surface area contributed by atoms with Crippen molar-refractivity contribution in [3.8, 4) is 0 Å². The maximum atomic E-state index is 5.67. The van der Waals surface area contributed by atoms with E-state index in [2.05, 4.69) is 0 Å². The summed E-state index contributed by atoms with van der Waals surface area (Å²) in [6.07, 6.45) is 0. The van der Waals surface area contributed by atoms with Gasteiger partial charge in [0.15, 0.2) is 0 Å². The maximum absolute atomic E-state index is 5.67. The minimum absolute atomic E-state index is 0.622. The van der Waals surface area contributed by atoms with Crippen molar-refractivity contribution < 1.29 is 0 Å². The number of hydrogen-bond acceptors (Lipinski definition) is 3. The molecule has 5 heteroatoms. The zero-order chi connectivity index (χ0) is 8.43. The second-order valence-electron chi connectivity index (χ2n) is 2.53. The molecule has 0 aliphatic heterocycles. The minimum Gasteiger partial charge on any atom is -0.399 e. The van der Waals surface area contributed by atoms with Crippen molar-refractivity contribution in [2.75, 3.05) is 17.2 Å². The summed E-state index contributed by atoms with van der Waals surface area (Å²) < 4.78 is 0. The molecule has 1 aromatic rings. The van der Waals surface area contributed by atoms with Crippen LogP contribution in [0.3, 0.4) is 0 Å². The van der Waals surface area contributed by atoms with E-state index in [0.29, 0.717) is 17.1 Å². The van der Waals surface area contributed by atoms with E-state index in [4.69, 9.17) is 17.2 Å². The van der Waals surface area contributed by atoms with Crippen LogP contribution in [0.5, 0.6) is 0 Å². The Kier molecular flexibility index (Phi) is 1.98. The smallest absolute Gasteiger partial charge is 0.124 e. The molecule has 0 aromatic heterocycles. The Labute approximate surface area is 67.6 Å². The third-order valence-corrected chi connectivity index (χ3v) is 1.69. The van der Waals surface area contributed by atoms with Crippen LogP contribution < -0.4 is 22.7 Å². The van der Waals surface area contributed by atoms with Gasteiger partial charge in [0, 0.05) is 17.1 Å². The summed E-state index contributed by atoms with van der Waals surface area (Å²) in [4.78, 5) is 0. The number of hydrogen-bond donors (Lipinski definition) is 3. The Bertz CT molecular complexity index is 252. The first kappa shape index (κ1) is 7.85. The molecule has 0 fully saturated rings. The van der Waals surface area contributed by atoms with Gasteiger partial charge in [-0.1, -0.05) is 0 Å². The zero-order valence-corrected chi connectivity index (χ0v) is 6.59. The Morgan fingerprint density at radius 3 is 1.91 bits per heavy atom. The first-order valence-electron chi connectivity index (χ1n) is 3.58. The highest BCUT2D eigenvalue weighted by atomic mass is 14.6. The number of nitrogen functional groups attached to an aromatic ring is 3. The van der Waals surface area contributed by atoms with Crippen molar-refractivity contribution in [3.05, 3.63) is 12.1 Å². The SMILES string of the molecule is BBc1c(N)cc(N)cc1N. The Morgan fingerprint density at radius 1 is 1.09 bits per heavy atom. The molecule has 56 valence electrons. The van der Waals surface area contributed by atoms with Gasteiger partial charge < -0.3 is 17.2 Å². The van der Waals surface area contributed by atoms with E-state index < -0.39 is 0 Å². The Morgan fingerprint density at radius 2 is 1.55 bits per heavy atom. The first-order valence-corrected chi connectivity index (χ1v) is 3.58. The highest BCUT2D eigenvalue weighted by molar-refractivity contribution is 6.99. The quantitative estimate of drug-likeness (QED) is 0.318. The second-order valence-corrected chi connectivity index (χ2v) is 2.53. The number of anilines is 3. The maximum Gasteiger partial charge on any atom is 0.124 e. The van der Waals surface area contributed by atoms with E-state index in [0.717, 1.165) is 12.6 Å². The average molecular weight is 147 g/mol. The van der Waals surface area contributed by atoms with Crippen molar-refractivity contribution in [1.29, 1.82) is 0 Å². The molecule has 1 aromatic carbocycles. The molecule has 0 amide bonds. The number of rotatable bonds is 1. The first-order chi connectivity index (χ1) is 5.15. The van der Waals surface area contributed by atoms with Crippen LogP contribution in [0.25, 0.3) is 0 Å². The van der Waals surface area contributed by atoms with Crippen molar-refractivity contribution in [2.45, 2.75) is 0 Å². The van der Waals surface area contributed by atoms with Gasteiger partial charge in [0.1, 0.15) is 7.17 Å². The molecule has 0 atom stereocenters. The van der Waals surface area contributed by atoms with Gasteiger partial charge in [0.25, 0.3) is 0 Å². The monoisotopic (exact) mass is 147 g/mol. The highest BCUT2D eigenvalue weighted by Crippen LogP contribution is 2.11. The van der Waals surface area contributed by atoms with E-state index in [1.807, 2.05) is 7.74 Å². The van der Waals surface area contributed by atoms with E-state index in [1.54, 1.807) is 12.1 Å². The molecule has 0 aliphatic rings. The van der Waals surface area contributed by atoms with E-state index >= 15 is 0 Å². The Balaban J connectivity index is 3.25. The lowest BCUT2D eigenvalue weighted by molar-refractivity contribution is 1.69. The molecule has 0 unspecified atom stereocenters. The van der Waals surface area contributed by atoms with E-state index in [1.165, 1.54) is 0 Å².